The third kappa shape index (κ3) is 3.70. The molecule has 1 aliphatic carbocycles. The summed E-state index contributed by atoms with van der Waals surface area (Å²) in [5, 5.41) is 18.3. The van der Waals surface area contributed by atoms with Crippen LogP contribution in [0.2, 0.25) is 0 Å². The van der Waals surface area contributed by atoms with Crippen LogP contribution in [0.4, 0.5) is 18.9 Å². The minimum absolute atomic E-state index is 0.183. The van der Waals surface area contributed by atoms with Gasteiger partial charge in [0.2, 0.25) is 10.9 Å². The number of carboxylic acids is 1. The predicted molar refractivity (Wildman–Crippen MR) is 75.7 cm³/mol. The molecule has 0 radical (unpaired) electrons. The van der Waals surface area contributed by atoms with Crippen molar-refractivity contribution in [3.05, 3.63) is 23.8 Å². The zero-order valence-electron chi connectivity index (χ0n) is 11.2. The molecule has 0 spiro atoms. The fourth-order valence-electron chi connectivity index (χ4n) is 2.03. The maximum Gasteiger partial charge on any atom is 0.446 e. The maximum atomic E-state index is 12.5. The summed E-state index contributed by atoms with van der Waals surface area (Å²) in [6.45, 7) is 0. The van der Waals surface area contributed by atoms with Crippen LogP contribution in [0.3, 0.4) is 0 Å². The molecule has 1 N–H and O–H groups in total. The number of rotatable bonds is 5. The van der Waals surface area contributed by atoms with Crippen molar-refractivity contribution in [3.8, 4) is 6.07 Å². The molecule has 0 aromatic heterocycles. The number of hydrogen-bond donors (Lipinski definition) is 2. The zero-order valence-corrected chi connectivity index (χ0v) is 12.9. The highest BCUT2D eigenvalue weighted by Gasteiger charge is 2.51. The van der Waals surface area contributed by atoms with Gasteiger partial charge >= 0.3 is 11.5 Å². The van der Waals surface area contributed by atoms with Gasteiger partial charge in [-0.25, -0.2) is 13.2 Å². The Bertz CT molecular complexity index is 759. The van der Waals surface area contributed by atoms with Crippen LogP contribution in [0.15, 0.2) is 23.1 Å². The van der Waals surface area contributed by atoms with E-state index in [9.17, 15) is 26.4 Å². The molecule has 0 heterocycles. The van der Waals surface area contributed by atoms with Gasteiger partial charge in [0.15, 0.2) is 0 Å². The van der Waals surface area contributed by atoms with Crippen LogP contribution in [0.5, 0.6) is 0 Å². The second-order valence-corrected chi connectivity index (χ2v) is 6.74. The molecular weight excluding hydrogens is 357 g/mol. The average molecular weight is 366 g/mol. The van der Waals surface area contributed by atoms with E-state index in [0.717, 1.165) is 18.2 Å². The first-order chi connectivity index (χ1) is 10.6. The lowest BCUT2D eigenvalue weighted by atomic mass is 10.1. The Hall–Kier alpha value is -1.93. The Labute approximate surface area is 134 Å². The van der Waals surface area contributed by atoms with Crippen LogP contribution in [-0.2, 0) is 10.9 Å². The number of nitrogens with zero attached hydrogens (tertiary/aromatic N) is 2. The molecule has 1 aliphatic rings. The number of thiol groups is 1. The molecule has 1 aromatic carbocycles. The van der Waals surface area contributed by atoms with E-state index < -0.39 is 50.9 Å². The van der Waals surface area contributed by atoms with E-state index in [1.807, 2.05) is 0 Å². The predicted octanol–water partition coefficient (Wildman–Crippen LogP) is 2.39. The summed E-state index contributed by atoms with van der Waals surface area (Å²) in [5.41, 5.74) is -6.97. The lowest BCUT2D eigenvalue weighted by Crippen LogP contribution is -2.36. The highest BCUT2D eigenvalue weighted by molar-refractivity contribution is 8.00. The van der Waals surface area contributed by atoms with Gasteiger partial charge in [-0.05, 0) is 42.8 Å². The number of hydrogen-bond acceptors (Lipinski definition) is 5. The summed E-state index contributed by atoms with van der Waals surface area (Å²) >= 11 is -0.496. The molecule has 0 saturated heterocycles. The van der Waals surface area contributed by atoms with Gasteiger partial charge in [0.1, 0.15) is 5.54 Å². The van der Waals surface area contributed by atoms with Crippen LogP contribution < -0.4 is 4.31 Å². The maximum absolute atomic E-state index is 12.5. The van der Waals surface area contributed by atoms with Crippen molar-refractivity contribution in [2.75, 3.05) is 4.31 Å². The largest absolute Gasteiger partial charge is 0.478 e. The van der Waals surface area contributed by atoms with E-state index in [4.69, 9.17) is 10.4 Å². The first-order valence-corrected chi connectivity index (χ1v) is 8.03. The molecular formula is C12H9F3N2O4S2. The molecule has 1 fully saturated rings. The van der Waals surface area contributed by atoms with Crippen molar-refractivity contribution >= 4 is 34.3 Å². The molecule has 2 rings (SSSR count). The van der Waals surface area contributed by atoms with Gasteiger partial charge in [0, 0.05) is 4.90 Å². The number of halogens is 3. The molecule has 11 heteroatoms. The van der Waals surface area contributed by atoms with Gasteiger partial charge in [-0.2, -0.15) is 18.4 Å². The summed E-state index contributed by atoms with van der Waals surface area (Å²) < 4.78 is 61.0. The van der Waals surface area contributed by atoms with Crippen molar-refractivity contribution in [1.82, 2.24) is 0 Å². The first-order valence-electron chi connectivity index (χ1n) is 6.08. The van der Waals surface area contributed by atoms with Crippen molar-refractivity contribution < 1.29 is 31.5 Å². The number of benzene rings is 1. The quantitative estimate of drug-likeness (QED) is 0.613. The fourth-order valence-corrected chi connectivity index (χ4v) is 3.50. The topological polar surface area (TPSA) is 98.5 Å². The average Bonchev–Trinajstić information content (AvgIpc) is 3.17. The SMILES string of the molecule is N#CC1(N(c2cc(SC(F)(F)F)ccc2C(=O)O)[SH](=O)=O)CC1. The molecule has 0 unspecified atom stereocenters. The number of carboxylic acid groups (broad SMARTS) is 1. The molecule has 0 aliphatic heterocycles. The number of thioether (sulfide) groups is 1. The van der Waals surface area contributed by atoms with E-state index in [1.165, 1.54) is 0 Å². The highest BCUT2D eigenvalue weighted by atomic mass is 32.2. The lowest BCUT2D eigenvalue weighted by molar-refractivity contribution is -0.0328. The van der Waals surface area contributed by atoms with Gasteiger partial charge < -0.3 is 5.11 Å². The van der Waals surface area contributed by atoms with Crippen LogP contribution in [0.1, 0.15) is 23.2 Å². The number of nitriles is 1. The number of carbonyl (C=O) groups is 1. The van der Waals surface area contributed by atoms with E-state index >= 15 is 0 Å². The summed E-state index contributed by atoms with van der Waals surface area (Å²) in [6, 6.07) is 4.44. The van der Waals surface area contributed by atoms with Gasteiger partial charge in [-0.1, -0.05) is 0 Å². The van der Waals surface area contributed by atoms with Crippen LogP contribution in [0.25, 0.3) is 0 Å². The van der Waals surface area contributed by atoms with Crippen molar-refractivity contribution in [1.29, 1.82) is 5.26 Å². The Balaban J connectivity index is 2.59. The zero-order chi connectivity index (χ0) is 17.4. The van der Waals surface area contributed by atoms with Gasteiger partial charge in [-0.3, -0.25) is 4.31 Å². The van der Waals surface area contributed by atoms with Crippen LogP contribution >= 0.6 is 11.8 Å². The third-order valence-electron chi connectivity index (χ3n) is 3.16. The minimum atomic E-state index is -4.61. The molecule has 0 bridgehead atoms. The van der Waals surface area contributed by atoms with E-state index in [-0.39, 0.29) is 17.7 Å². The number of anilines is 1. The van der Waals surface area contributed by atoms with Gasteiger partial charge in [0.25, 0.3) is 0 Å². The van der Waals surface area contributed by atoms with Crippen molar-refractivity contribution in [3.63, 3.8) is 0 Å². The standard InChI is InChI=1S/C12H9F3N2O4S2/c13-12(14,15)22-7-1-2-8(10(18)19)9(5-7)17(23(20)21)11(6-16)3-4-11/h1-2,5,23H,3-4H2,(H,18,19). The number of alkyl halides is 3. The van der Waals surface area contributed by atoms with Crippen molar-refractivity contribution in [2.24, 2.45) is 0 Å². The summed E-state index contributed by atoms with van der Waals surface area (Å²) in [7, 11) is -3.40. The van der Waals surface area contributed by atoms with Crippen LogP contribution in [0, 0.1) is 11.3 Å². The Kier molecular flexibility index (Phi) is 4.50. The highest BCUT2D eigenvalue weighted by Crippen LogP contribution is 2.46. The third-order valence-corrected chi connectivity index (χ3v) is 4.81. The summed E-state index contributed by atoms with van der Waals surface area (Å²) in [5.74, 6) is -1.50. The first kappa shape index (κ1) is 17.4. The molecule has 23 heavy (non-hydrogen) atoms. The summed E-state index contributed by atoms with van der Waals surface area (Å²) in [6.07, 6.45) is 0.366. The Morgan fingerprint density at radius 2 is 2.00 bits per heavy atom. The van der Waals surface area contributed by atoms with Gasteiger partial charge in [0.05, 0.1) is 17.3 Å². The fraction of sp³-hybridized carbons (Fsp3) is 0.333. The monoisotopic (exact) mass is 366 g/mol. The lowest BCUT2D eigenvalue weighted by Gasteiger charge is -2.24. The molecule has 1 aromatic rings. The minimum Gasteiger partial charge on any atom is -0.478 e. The second kappa shape index (κ2) is 5.93. The number of aromatic carboxylic acids is 1. The van der Waals surface area contributed by atoms with E-state index in [1.54, 1.807) is 6.07 Å². The normalized spacial score (nSPS) is 16.0. The molecule has 1 saturated carbocycles. The van der Waals surface area contributed by atoms with Crippen molar-refractivity contribution in [2.45, 2.75) is 28.8 Å². The Morgan fingerprint density at radius 3 is 2.39 bits per heavy atom. The molecule has 6 nitrogen and oxygen atoms in total. The van der Waals surface area contributed by atoms with E-state index in [2.05, 4.69) is 0 Å². The van der Waals surface area contributed by atoms with E-state index in [0.29, 0.717) is 4.31 Å². The van der Waals surface area contributed by atoms with Gasteiger partial charge in [-0.15, -0.1) is 0 Å². The smallest absolute Gasteiger partial charge is 0.446 e. The summed E-state index contributed by atoms with van der Waals surface area (Å²) in [4.78, 5) is 10.9. The molecule has 124 valence electrons. The van der Waals surface area contributed by atoms with Crippen LogP contribution in [-0.4, -0.2) is 30.5 Å². The molecule has 0 atom stereocenters. The Morgan fingerprint density at radius 1 is 1.39 bits per heavy atom. The molecule has 0 amide bonds. The second-order valence-electron chi connectivity index (χ2n) is 4.72.